The van der Waals surface area contributed by atoms with E-state index in [9.17, 15) is 10.1 Å². The molecule has 24 heavy (non-hydrogen) atoms. The molecule has 1 heterocycles. The normalized spacial score (nSPS) is 16.1. The molecule has 1 aliphatic rings. The molecule has 1 fully saturated rings. The van der Waals surface area contributed by atoms with Gasteiger partial charge in [-0.2, -0.15) is 5.26 Å². The van der Waals surface area contributed by atoms with Crippen LogP contribution in [0.4, 0.5) is 0 Å². The summed E-state index contributed by atoms with van der Waals surface area (Å²) >= 11 is 0. The maximum absolute atomic E-state index is 12.0. The van der Waals surface area contributed by atoms with Gasteiger partial charge < -0.3 is 10.2 Å². The Kier molecular flexibility index (Phi) is 6.87. The van der Waals surface area contributed by atoms with Crippen LogP contribution in [-0.4, -0.2) is 30.4 Å². The molecule has 0 radical (unpaired) electrons. The molecular formula is C20H27N3O. The average molecular weight is 325 g/mol. The van der Waals surface area contributed by atoms with E-state index in [4.69, 9.17) is 0 Å². The second-order valence-electron chi connectivity index (χ2n) is 6.93. The minimum absolute atomic E-state index is 0.206. The van der Waals surface area contributed by atoms with Gasteiger partial charge in [0.1, 0.15) is 11.6 Å². The van der Waals surface area contributed by atoms with Gasteiger partial charge in [0.05, 0.1) is 0 Å². The molecule has 1 saturated heterocycles. The topological polar surface area (TPSA) is 56.1 Å². The summed E-state index contributed by atoms with van der Waals surface area (Å²) in [6, 6.07) is 12.6. The standard InChI is InChI=1S/C20H27N3O/c1-16(2)14-22-20(24)19(13-21)15-23-10-8-18(9-11-23)12-17-6-4-3-5-7-17/h3-7,15-16,18H,8-12,14H2,1-2H3,(H,22,24)/b19-15-. The van der Waals surface area contributed by atoms with E-state index in [1.54, 1.807) is 6.20 Å². The highest BCUT2D eigenvalue weighted by atomic mass is 16.1. The van der Waals surface area contributed by atoms with Crippen LogP contribution in [0.25, 0.3) is 0 Å². The van der Waals surface area contributed by atoms with E-state index >= 15 is 0 Å². The highest BCUT2D eigenvalue weighted by Gasteiger charge is 2.19. The van der Waals surface area contributed by atoms with E-state index in [0.717, 1.165) is 32.4 Å². The number of nitrogens with zero attached hydrogens (tertiary/aromatic N) is 2. The van der Waals surface area contributed by atoms with Crippen LogP contribution >= 0.6 is 0 Å². The number of benzene rings is 1. The fourth-order valence-electron chi connectivity index (χ4n) is 2.95. The number of nitriles is 1. The minimum Gasteiger partial charge on any atom is -0.376 e. The van der Waals surface area contributed by atoms with Gasteiger partial charge in [-0.05, 0) is 36.7 Å². The first-order valence-corrected chi connectivity index (χ1v) is 8.76. The lowest BCUT2D eigenvalue weighted by Gasteiger charge is -2.31. The first-order valence-electron chi connectivity index (χ1n) is 8.76. The van der Waals surface area contributed by atoms with Crippen molar-refractivity contribution in [3.05, 3.63) is 47.7 Å². The van der Waals surface area contributed by atoms with E-state index < -0.39 is 0 Å². The van der Waals surface area contributed by atoms with Gasteiger partial charge in [-0.3, -0.25) is 4.79 Å². The van der Waals surface area contributed by atoms with Crippen molar-refractivity contribution in [1.82, 2.24) is 10.2 Å². The van der Waals surface area contributed by atoms with Gasteiger partial charge in [-0.25, -0.2) is 0 Å². The quantitative estimate of drug-likeness (QED) is 0.646. The van der Waals surface area contributed by atoms with E-state index in [2.05, 4.69) is 34.5 Å². The number of likely N-dealkylation sites (tertiary alicyclic amines) is 1. The molecular weight excluding hydrogens is 298 g/mol. The second-order valence-corrected chi connectivity index (χ2v) is 6.93. The average Bonchev–Trinajstić information content (AvgIpc) is 2.60. The van der Waals surface area contributed by atoms with Crippen LogP contribution in [0.3, 0.4) is 0 Å². The fourth-order valence-corrected chi connectivity index (χ4v) is 2.95. The van der Waals surface area contributed by atoms with Gasteiger partial charge in [0.2, 0.25) is 0 Å². The molecule has 0 atom stereocenters. The number of amides is 1. The molecule has 2 rings (SSSR count). The SMILES string of the molecule is CC(C)CNC(=O)/C(C#N)=C\N1CCC(Cc2ccccc2)CC1. The molecule has 0 aromatic heterocycles. The van der Waals surface area contributed by atoms with Gasteiger partial charge in [-0.1, -0.05) is 44.2 Å². The summed E-state index contributed by atoms with van der Waals surface area (Å²) in [5.74, 6) is 0.789. The summed E-state index contributed by atoms with van der Waals surface area (Å²) in [7, 11) is 0. The second kappa shape index (κ2) is 9.12. The number of nitrogens with one attached hydrogen (secondary N) is 1. The van der Waals surface area contributed by atoms with Crippen LogP contribution in [0.2, 0.25) is 0 Å². The number of hydrogen-bond donors (Lipinski definition) is 1. The monoisotopic (exact) mass is 325 g/mol. The Morgan fingerprint density at radius 1 is 1.33 bits per heavy atom. The largest absolute Gasteiger partial charge is 0.376 e. The first kappa shape index (κ1) is 18.1. The van der Waals surface area contributed by atoms with E-state index in [1.807, 2.05) is 26.0 Å². The smallest absolute Gasteiger partial charge is 0.263 e. The molecule has 128 valence electrons. The lowest BCUT2D eigenvalue weighted by Crippen LogP contribution is -2.33. The zero-order chi connectivity index (χ0) is 17.4. The molecule has 0 spiro atoms. The lowest BCUT2D eigenvalue weighted by atomic mass is 9.90. The molecule has 1 aliphatic heterocycles. The van der Waals surface area contributed by atoms with Crippen LogP contribution in [0.1, 0.15) is 32.3 Å². The number of hydrogen-bond acceptors (Lipinski definition) is 3. The number of carbonyl (C=O) groups is 1. The van der Waals surface area contributed by atoms with Crippen molar-refractivity contribution in [2.24, 2.45) is 11.8 Å². The summed E-state index contributed by atoms with van der Waals surface area (Å²) in [5, 5.41) is 12.0. The predicted molar refractivity (Wildman–Crippen MR) is 96.0 cm³/mol. The molecule has 1 amide bonds. The van der Waals surface area contributed by atoms with Gasteiger partial charge in [0, 0.05) is 25.8 Å². The Balaban J connectivity index is 1.84. The maximum Gasteiger partial charge on any atom is 0.263 e. The van der Waals surface area contributed by atoms with Crippen LogP contribution < -0.4 is 5.32 Å². The van der Waals surface area contributed by atoms with Crippen molar-refractivity contribution >= 4 is 5.91 Å². The van der Waals surface area contributed by atoms with Gasteiger partial charge in [-0.15, -0.1) is 0 Å². The minimum atomic E-state index is -0.266. The molecule has 4 heteroatoms. The lowest BCUT2D eigenvalue weighted by molar-refractivity contribution is -0.117. The molecule has 0 aliphatic carbocycles. The zero-order valence-corrected chi connectivity index (χ0v) is 14.7. The van der Waals surface area contributed by atoms with Crippen molar-refractivity contribution in [1.29, 1.82) is 5.26 Å². The zero-order valence-electron chi connectivity index (χ0n) is 14.7. The number of piperidine rings is 1. The predicted octanol–water partition coefficient (Wildman–Crippen LogP) is 3.12. The molecule has 1 aromatic rings. The Morgan fingerprint density at radius 3 is 2.58 bits per heavy atom. The summed E-state index contributed by atoms with van der Waals surface area (Å²) in [6.45, 7) is 6.47. The van der Waals surface area contributed by atoms with Crippen LogP contribution in [0, 0.1) is 23.2 Å². The first-order chi connectivity index (χ1) is 11.6. The van der Waals surface area contributed by atoms with Crippen molar-refractivity contribution in [3.8, 4) is 6.07 Å². The van der Waals surface area contributed by atoms with Gasteiger partial charge in [0.15, 0.2) is 0 Å². The maximum atomic E-state index is 12.0. The molecule has 1 aromatic carbocycles. The van der Waals surface area contributed by atoms with Crippen molar-refractivity contribution in [2.75, 3.05) is 19.6 Å². The van der Waals surface area contributed by atoms with Crippen LogP contribution in [0.5, 0.6) is 0 Å². The molecule has 0 bridgehead atoms. The van der Waals surface area contributed by atoms with E-state index in [1.165, 1.54) is 5.56 Å². The molecule has 4 nitrogen and oxygen atoms in total. The van der Waals surface area contributed by atoms with E-state index in [0.29, 0.717) is 18.4 Å². The Morgan fingerprint density at radius 2 is 2.00 bits per heavy atom. The van der Waals surface area contributed by atoms with Crippen molar-refractivity contribution in [3.63, 3.8) is 0 Å². The fraction of sp³-hybridized carbons (Fsp3) is 0.500. The Labute approximate surface area is 145 Å². The Bertz CT molecular complexity index is 593. The number of carbonyl (C=O) groups excluding carboxylic acids is 1. The molecule has 0 saturated carbocycles. The summed E-state index contributed by atoms with van der Waals surface area (Å²) < 4.78 is 0. The third kappa shape index (κ3) is 5.73. The molecule has 1 N–H and O–H groups in total. The van der Waals surface area contributed by atoms with Gasteiger partial charge >= 0.3 is 0 Å². The number of rotatable bonds is 6. The Hall–Kier alpha value is -2.28. The van der Waals surface area contributed by atoms with Crippen molar-refractivity contribution in [2.45, 2.75) is 33.1 Å². The van der Waals surface area contributed by atoms with E-state index in [-0.39, 0.29) is 11.5 Å². The third-order valence-electron chi connectivity index (χ3n) is 4.36. The highest BCUT2D eigenvalue weighted by molar-refractivity contribution is 5.97. The summed E-state index contributed by atoms with van der Waals surface area (Å²) in [5.41, 5.74) is 1.59. The van der Waals surface area contributed by atoms with Crippen LogP contribution in [0.15, 0.2) is 42.1 Å². The summed E-state index contributed by atoms with van der Waals surface area (Å²) in [4.78, 5) is 14.1. The van der Waals surface area contributed by atoms with Gasteiger partial charge in [0.25, 0.3) is 5.91 Å². The molecule has 0 unspecified atom stereocenters. The summed E-state index contributed by atoms with van der Waals surface area (Å²) in [6.07, 6.45) is 5.03. The third-order valence-corrected chi connectivity index (χ3v) is 4.36. The highest BCUT2D eigenvalue weighted by Crippen LogP contribution is 2.22. The van der Waals surface area contributed by atoms with Crippen LogP contribution in [-0.2, 0) is 11.2 Å². The van der Waals surface area contributed by atoms with Crippen molar-refractivity contribution < 1.29 is 4.79 Å².